The first-order valence-corrected chi connectivity index (χ1v) is 7.29. The van der Waals surface area contributed by atoms with Gasteiger partial charge in [0, 0.05) is 31.7 Å². The van der Waals surface area contributed by atoms with E-state index in [1.165, 1.54) is 31.5 Å². The van der Waals surface area contributed by atoms with Crippen LogP contribution in [0, 0.1) is 0 Å². The van der Waals surface area contributed by atoms with Crippen molar-refractivity contribution in [3.05, 3.63) is 22.4 Å². The van der Waals surface area contributed by atoms with E-state index in [1.807, 2.05) is 0 Å². The SMILES string of the molecule is CN(C)C1CCN(C(CN)c2ccsc2)CC1. The van der Waals surface area contributed by atoms with Crippen LogP contribution in [0.4, 0.5) is 0 Å². The Morgan fingerprint density at radius 2 is 2.18 bits per heavy atom. The Kier molecular flexibility index (Phi) is 4.56. The molecule has 2 rings (SSSR count). The summed E-state index contributed by atoms with van der Waals surface area (Å²) in [6, 6.07) is 3.37. The number of nitrogens with two attached hydrogens (primary N) is 1. The van der Waals surface area contributed by atoms with Gasteiger partial charge in [-0.2, -0.15) is 11.3 Å². The molecule has 1 aromatic heterocycles. The fourth-order valence-electron chi connectivity index (χ4n) is 2.67. The zero-order valence-corrected chi connectivity index (χ0v) is 11.6. The second kappa shape index (κ2) is 5.96. The average molecular weight is 253 g/mol. The van der Waals surface area contributed by atoms with Gasteiger partial charge in [0.15, 0.2) is 0 Å². The topological polar surface area (TPSA) is 32.5 Å². The van der Waals surface area contributed by atoms with Crippen LogP contribution in [0.3, 0.4) is 0 Å². The van der Waals surface area contributed by atoms with E-state index in [0.717, 1.165) is 12.6 Å². The molecule has 2 N–H and O–H groups in total. The van der Waals surface area contributed by atoms with Gasteiger partial charge >= 0.3 is 0 Å². The van der Waals surface area contributed by atoms with E-state index in [-0.39, 0.29) is 0 Å². The van der Waals surface area contributed by atoms with E-state index >= 15 is 0 Å². The highest BCUT2D eigenvalue weighted by Crippen LogP contribution is 2.26. The van der Waals surface area contributed by atoms with Crippen molar-refractivity contribution in [1.29, 1.82) is 0 Å². The summed E-state index contributed by atoms with van der Waals surface area (Å²) >= 11 is 1.76. The first kappa shape index (κ1) is 13.0. The van der Waals surface area contributed by atoms with Crippen LogP contribution >= 0.6 is 11.3 Å². The van der Waals surface area contributed by atoms with Gasteiger partial charge in [-0.25, -0.2) is 0 Å². The van der Waals surface area contributed by atoms with Crippen molar-refractivity contribution in [2.75, 3.05) is 33.7 Å². The summed E-state index contributed by atoms with van der Waals surface area (Å²) in [5.41, 5.74) is 7.33. The third-order valence-electron chi connectivity index (χ3n) is 3.82. The van der Waals surface area contributed by atoms with Gasteiger partial charge in [-0.05, 0) is 49.3 Å². The van der Waals surface area contributed by atoms with Gasteiger partial charge in [-0.3, -0.25) is 4.90 Å². The second-order valence-corrected chi connectivity index (χ2v) is 5.82. The van der Waals surface area contributed by atoms with Crippen LogP contribution in [0.25, 0.3) is 0 Å². The quantitative estimate of drug-likeness (QED) is 0.888. The van der Waals surface area contributed by atoms with Crippen molar-refractivity contribution in [1.82, 2.24) is 9.80 Å². The molecule has 1 aliphatic rings. The van der Waals surface area contributed by atoms with E-state index in [9.17, 15) is 0 Å². The molecule has 0 aliphatic carbocycles. The smallest absolute Gasteiger partial charge is 0.0478 e. The molecule has 0 radical (unpaired) electrons. The molecule has 0 spiro atoms. The Balaban J connectivity index is 1.95. The minimum Gasteiger partial charge on any atom is -0.329 e. The van der Waals surface area contributed by atoms with E-state index in [0.29, 0.717) is 6.04 Å². The van der Waals surface area contributed by atoms with Crippen molar-refractivity contribution in [2.45, 2.75) is 24.9 Å². The Morgan fingerprint density at radius 1 is 1.47 bits per heavy atom. The van der Waals surface area contributed by atoms with Crippen molar-refractivity contribution >= 4 is 11.3 Å². The predicted octanol–water partition coefficient (Wildman–Crippen LogP) is 1.77. The van der Waals surface area contributed by atoms with Gasteiger partial charge < -0.3 is 10.6 Å². The van der Waals surface area contributed by atoms with E-state index in [4.69, 9.17) is 5.73 Å². The van der Waals surface area contributed by atoms with Crippen molar-refractivity contribution in [2.24, 2.45) is 5.73 Å². The molecule has 1 aliphatic heterocycles. The minimum atomic E-state index is 0.421. The molecule has 0 aromatic carbocycles. The zero-order valence-electron chi connectivity index (χ0n) is 10.8. The van der Waals surface area contributed by atoms with Gasteiger partial charge in [-0.15, -0.1) is 0 Å². The highest BCUT2D eigenvalue weighted by Gasteiger charge is 2.26. The van der Waals surface area contributed by atoms with E-state index in [1.54, 1.807) is 11.3 Å². The molecule has 1 unspecified atom stereocenters. The lowest BCUT2D eigenvalue weighted by molar-refractivity contribution is 0.111. The number of likely N-dealkylation sites (tertiary alicyclic amines) is 1. The summed E-state index contributed by atoms with van der Waals surface area (Å²) in [5, 5.41) is 4.38. The second-order valence-electron chi connectivity index (χ2n) is 5.04. The third-order valence-corrected chi connectivity index (χ3v) is 4.52. The third kappa shape index (κ3) is 3.07. The van der Waals surface area contributed by atoms with Gasteiger partial charge in [0.2, 0.25) is 0 Å². The lowest BCUT2D eigenvalue weighted by Crippen LogP contribution is -2.44. The maximum Gasteiger partial charge on any atom is 0.0478 e. The Morgan fingerprint density at radius 3 is 2.65 bits per heavy atom. The summed E-state index contributed by atoms with van der Waals surface area (Å²) < 4.78 is 0. The maximum absolute atomic E-state index is 5.94. The molecule has 1 aromatic rings. The largest absolute Gasteiger partial charge is 0.329 e. The number of piperidine rings is 1. The summed E-state index contributed by atoms with van der Waals surface area (Å²) in [4.78, 5) is 4.89. The zero-order chi connectivity index (χ0) is 12.3. The Labute approximate surface area is 108 Å². The first-order chi connectivity index (χ1) is 8.22. The fraction of sp³-hybridized carbons (Fsp3) is 0.692. The number of rotatable bonds is 4. The molecule has 0 saturated carbocycles. The molecule has 1 saturated heterocycles. The molecule has 17 heavy (non-hydrogen) atoms. The van der Waals surface area contributed by atoms with Gasteiger partial charge in [0.25, 0.3) is 0 Å². The normalized spacial score (nSPS) is 20.9. The molecule has 1 fully saturated rings. The standard InChI is InChI=1S/C13H23N3S/c1-15(2)12-3-6-16(7-4-12)13(9-14)11-5-8-17-10-11/h5,8,10,12-13H,3-4,6-7,9,14H2,1-2H3. The Bertz CT molecular complexity index is 315. The van der Waals surface area contributed by atoms with Crippen LogP contribution in [0.5, 0.6) is 0 Å². The lowest BCUT2D eigenvalue weighted by Gasteiger charge is -2.39. The highest BCUT2D eigenvalue weighted by atomic mass is 32.1. The molecule has 1 atom stereocenters. The van der Waals surface area contributed by atoms with Crippen LogP contribution in [0.1, 0.15) is 24.4 Å². The number of hydrogen-bond donors (Lipinski definition) is 1. The molecule has 0 amide bonds. The van der Waals surface area contributed by atoms with Crippen molar-refractivity contribution in [3.63, 3.8) is 0 Å². The van der Waals surface area contributed by atoms with Crippen LogP contribution in [0.15, 0.2) is 16.8 Å². The van der Waals surface area contributed by atoms with Crippen LogP contribution in [0.2, 0.25) is 0 Å². The number of hydrogen-bond acceptors (Lipinski definition) is 4. The number of thiophene rings is 1. The summed E-state index contributed by atoms with van der Waals surface area (Å²) in [6.45, 7) is 3.06. The fourth-order valence-corrected chi connectivity index (χ4v) is 3.38. The van der Waals surface area contributed by atoms with Crippen LogP contribution < -0.4 is 5.73 Å². The summed E-state index contributed by atoms with van der Waals surface area (Å²) in [7, 11) is 4.36. The van der Waals surface area contributed by atoms with E-state index in [2.05, 4.69) is 40.7 Å². The first-order valence-electron chi connectivity index (χ1n) is 6.35. The van der Waals surface area contributed by atoms with Crippen molar-refractivity contribution < 1.29 is 0 Å². The molecule has 96 valence electrons. The number of nitrogens with zero attached hydrogens (tertiary/aromatic N) is 2. The molecule has 4 heteroatoms. The minimum absolute atomic E-state index is 0.421. The highest BCUT2D eigenvalue weighted by molar-refractivity contribution is 7.07. The van der Waals surface area contributed by atoms with Crippen LogP contribution in [-0.4, -0.2) is 49.6 Å². The molecular weight excluding hydrogens is 230 g/mol. The van der Waals surface area contributed by atoms with Crippen LogP contribution in [-0.2, 0) is 0 Å². The van der Waals surface area contributed by atoms with Crippen molar-refractivity contribution in [3.8, 4) is 0 Å². The molecule has 3 nitrogen and oxygen atoms in total. The predicted molar refractivity (Wildman–Crippen MR) is 74.4 cm³/mol. The van der Waals surface area contributed by atoms with E-state index < -0.39 is 0 Å². The monoisotopic (exact) mass is 253 g/mol. The van der Waals surface area contributed by atoms with Gasteiger partial charge in [0.1, 0.15) is 0 Å². The van der Waals surface area contributed by atoms with Gasteiger partial charge in [-0.1, -0.05) is 0 Å². The Hall–Kier alpha value is -0.420. The molecule has 0 bridgehead atoms. The summed E-state index contributed by atoms with van der Waals surface area (Å²) in [6.07, 6.45) is 2.52. The molecule has 2 heterocycles. The average Bonchev–Trinajstić information content (AvgIpc) is 2.84. The van der Waals surface area contributed by atoms with Gasteiger partial charge in [0.05, 0.1) is 0 Å². The molecular formula is C13H23N3S. The lowest BCUT2D eigenvalue weighted by atomic mass is 10.00. The maximum atomic E-state index is 5.94. The summed E-state index contributed by atoms with van der Waals surface area (Å²) in [5.74, 6) is 0.